The van der Waals surface area contributed by atoms with Gasteiger partial charge in [0.15, 0.2) is 0 Å². The normalized spacial score (nSPS) is 14.5. The molecule has 0 rings (SSSR count). The van der Waals surface area contributed by atoms with Gasteiger partial charge < -0.3 is 20.6 Å². The molecule has 0 aromatic rings. The van der Waals surface area contributed by atoms with Gasteiger partial charge in [-0.15, -0.1) is 0 Å². The van der Waals surface area contributed by atoms with E-state index in [4.69, 9.17) is 15.7 Å². The molecule has 0 aromatic heterocycles. The zero-order valence-electron chi connectivity index (χ0n) is 9.94. The number of oxime groups is 1. The Kier molecular flexibility index (Phi) is 8.04. The van der Waals surface area contributed by atoms with Crippen LogP contribution >= 0.6 is 0 Å². The highest BCUT2D eigenvalue weighted by molar-refractivity contribution is 5.82. The second-order valence-corrected chi connectivity index (χ2v) is 3.52. The lowest BCUT2D eigenvalue weighted by Crippen LogP contribution is -2.36. The van der Waals surface area contributed by atoms with Crippen LogP contribution in [-0.2, 0) is 4.74 Å². The first-order valence-corrected chi connectivity index (χ1v) is 5.43. The van der Waals surface area contributed by atoms with Gasteiger partial charge in [0.2, 0.25) is 0 Å². The molecule has 1 unspecified atom stereocenters. The van der Waals surface area contributed by atoms with Gasteiger partial charge in [-0.1, -0.05) is 19.0 Å². The first-order chi connectivity index (χ1) is 7.15. The lowest BCUT2D eigenvalue weighted by Gasteiger charge is -2.23. The van der Waals surface area contributed by atoms with E-state index >= 15 is 0 Å². The molecule has 15 heavy (non-hydrogen) atoms. The number of hydrogen-bond donors (Lipinski definition) is 2. The van der Waals surface area contributed by atoms with Crippen LogP contribution < -0.4 is 5.73 Å². The molecule has 0 fully saturated rings. The van der Waals surface area contributed by atoms with Crippen LogP contribution in [0.2, 0.25) is 0 Å². The Balaban J connectivity index is 3.87. The smallest absolute Gasteiger partial charge is 0.143 e. The van der Waals surface area contributed by atoms with Gasteiger partial charge in [-0.25, -0.2) is 0 Å². The van der Waals surface area contributed by atoms with Gasteiger partial charge in [0.25, 0.3) is 0 Å². The third-order valence-corrected chi connectivity index (χ3v) is 2.36. The molecular weight excluding hydrogens is 194 g/mol. The first kappa shape index (κ1) is 14.2. The van der Waals surface area contributed by atoms with Crippen LogP contribution in [0.1, 0.15) is 20.8 Å². The second kappa shape index (κ2) is 8.49. The standard InChI is InChI=1S/C10H23N3O2/c1-4-13(6-7-15-5-2)8-9(3)10(11)12-14/h9,14H,4-8H2,1-3H3,(H2,11,12). The van der Waals surface area contributed by atoms with Crippen LogP contribution in [0.25, 0.3) is 0 Å². The van der Waals surface area contributed by atoms with E-state index in [1.165, 1.54) is 0 Å². The van der Waals surface area contributed by atoms with Gasteiger partial charge in [-0.3, -0.25) is 0 Å². The fraction of sp³-hybridized carbons (Fsp3) is 0.900. The van der Waals surface area contributed by atoms with Crippen molar-refractivity contribution >= 4 is 5.84 Å². The molecule has 0 saturated carbocycles. The van der Waals surface area contributed by atoms with Crippen molar-refractivity contribution in [3.8, 4) is 0 Å². The minimum absolute atomic E-state index is 0.0663. The number of nitrogens with two attached hydrogens (primary N) is 1. The van der Waals surface area contributed by atoms with Crippen LogP contribution in [0, 0.1) is 5.92 Å². The third-order valence-electron chi connectivity index (χ3n) is 2.36. The Morgan fingerprint density at radius 2 is 2.20 bits per heavy atom. The van der Waals surface area contributed by atoms with E-state index in [0.717, 1.165) is 32.8 Å². The van der Waals surface area contributed by atoms with E-state index < -0.39 is 0 Å². The largest absolute Gasteiger partial charge is 0.409 e. The van der Waals surface area contributed by atoms with Gasteiger partial charge in [-0.05, 0) is 13.5 Å². The average Bonchev–Trinajstić information content (AvgIpc) is 2.26. The van der Waals surface area contributed by atoms with Crippen LogP contribution in [-0.4, -0.2) is 48.8 Å². The molecule has 5 nitrogen and oxygen atoms in total. The molecule has 5 heteroatoms. The predicted octanol–water partition coefficient (Wildman–Crippen LogP) is 0.727. The highest BCUT2D eigenvalue weighted by atomic mass is 16.5. The minimum Gasteiger partial charge on any atom is -0.409 e. The summed E-state index contributed by atoms with van der Waals surface area (Å²) in [4.78, 5) is 2.22. The summed E-state index contributed by atoms with van der Waals surface area (Å²) in [7, 11) is 0. The van der Waals surface area contributed by atoms with Gasteiger partial charge in [0.1, 0.15) is 5.84 Å². The van der Waals surface area contributed by atoms with Crippen molar-refractivity contribution in [1.29, 1.82) is 0 Å². The third kappa shape index (κ3) is 6.30. The van der Waals surface area contributed by atoms with E-state index in [0.29, 0.717) is 0 Å². The second-order valence-electron chi connectivity index (χ2n) is 3.52. The molecule has 0 saturated heterocycles. The first-order valence-electron chi connectivity index (χ1n) is 5.43. The average molecular weight is 217 g/mol. The van der Waals surface area contributed by atoms with Crippen LogP contribution in [0.4, 0.5) is 0 Å². The zero-order chi connectivity index (χ0) is 11.7. The van der Waals surface area contributed by atoms with Crippen molar-refractivity contribution < 1.29 is 9.94 Å². The molecule has 3 N–H and O–H groups in total. The Hall–Kier alpha value is -0.810. The molecular formula is C10H23N3O2. The Morgan fingerprint density at radius 1 is 1.53 bits per heavy atom. The maximum absolute atomic E-state index is 8.52. The molecule has 1 atom stereocenters. The quantitative estimate of drug-likeness (QED) is 0.207. The lowest BCUT2D eigenvalue weighted by molar-refractivity contribution is 0.113. The van der Waals surface area contributed by atoms with Gasteiger partial charge in [0, 0.05) is 25.6 Å². The summed E-state index contributed by atoms with van der Waals surface area (Å²) in [5.74, 6) is 0.349. The summed E-state index contributed by atoms with van der Waals surface area (Å²) in [6.07, 6.45) is 0. The van der Waals surface area contributed by atoms with E-state index in [1.807, 2.05) is 13.8 Å². The van der Waals surface area contributed by atoms with Crippen molar-refractivity contribution in [2.24, 2.45) is 16.8 Å². The van der Waals surface area contributed by atoms with E-state index in [9.17, 15) is 0 Å². The fourth-order valence-corrected chi connectivity index (χ4v) is 1.30. The van der Waals surface area contributed by atoms with Gasteiger partial charge >= 0.3 is 0 Å². The van der Waals surface area contributed by atoms with Gasteiger partial charge in [0.05, 0.1) is 6.61 Å². The van der Waals surface area contributed by atoms with Crippen molar-refractivity contribution in [3.63, 3.8) is 0 Å². The number of hydrogen-bond acceptors (Lipinski definition) is 4. The summed E-state index contributed by atoms with van der Waals surface area (Å²) in [6, 6.07) is 0. The van der Waals surface area contributed by atoms with E-state index in [2.05, 4.69) is 17.0 Å². The monoisotopic (exact) mass is 217 g/mol. The van der Waals surface area contributed by atoms with Crippen LogP contribution in [0.15, 0.2) is 5.16 Å². The molecule has 0 aromatic carbocycles. The SMILES string of the molecule is CCOCCN(CC)CC(C)C(N)=NO. The number of amidine groups is 1. The molecule has 0 aliphatic carbocycles. The zero-order valence-corrected chi connectivity index (χ0v) is 9.94. The van der Waals surface area contributed by atoms with Gasteiger partial charge in [-0.2, -0.15) is 0 Å². The van der Waals surface area contributed by atoms with E-state index in [-0.39, 0.29) is 11.8 Å². The van der Waals surface area contributed by atoms with Crippen molar-refractivity contribution in [3.05, 3.63) is 0 Å². The summed E-state index contributed by atoms with van der Waals surface area (Å²) >= 11 is 0. The maximum Gasteiger partial charge on any atom is 0.143 e. The number of ether oxygens (including phenoxy) is 1. The Bertz CT molecular complexity index is 186. The van der Waals surface area contributed by atoms with Crippen molar-refractivity contribution in [2.75, 3.05) is 32.8 Å². The maximum atomic E-state index is 8.52. The highest BCUT2D eigenvalue weighted by Crippen LogP contribution is 2.00. The van der Waals surface area contributed by atoms with Crippen molar-refractivity contribution in [1.82, 2.24) is 4.90 Å². The summed E-state index contributed by atoms with van der Waals surface area (Å²) < 4.78 is 5.28. The fourth-order valence-electron chi connectivity index (χ4n) is 1.30. The topological polar surface area (TPSA) is 71.1 Å². The molecule has 0 bridgehead atoms. The van der Waals surface area contributed by atoms with Crippen LogP contribution in [0.3, 0.4) is 0 Å². The van der Waals surface area contributed by atoms with E-state index in [1.54, 1.807) is 0 Å². The summed E-state index contributed by atoms with van der Waals surface area (Å²) in [5, 5.41) is 11.5. The molecule has 0 aliphatic rings. The molecule has 0 spiro atoms. The highest BCUT2D eigenvalue weighted by Gasteiger charge is 2.12. The molecule has 0 amide bonds. The minimum atomic E-state index is 0.0663. The van der Waals surface area contributed by atoms with Crippen molar-refractivity contribution in [2.45, 2.75) is 20.8 Å². The Morgan fingerprint density at radius 3 is 2.67 bits per heavy atom. The summed E-state index contributed by atoms with van der Waals surface area (Å²) in [6.45, 7) is 10.1. The molecule has 0 radical (unpaired) electrons. The Labute approximate surface area is 91.9 Å². The number of nitrogens with zero attached hydrogens (tertiary/aromatic N) is 2. The predicted molar refractivity (Wildman–Crippen MR) is 61.2 cm³/mol. The summed E-state index contributed by atoms with van der Waals surface area (Å²) in [5.41, 5.74) is 5.52. The number of rotatable bonds is 8. The molecule has 0 aliphatic heterocycles. The number of likely N-dealkylation sites (N-methyl/N-ethyl adjacent to an activating group) is 1. The molecule has 0 heterocycles. The lowest BCUT2D eigenvalue weighted by atomic mass is 10.1. The molecule has 90 valence electrons. The van der Waals surface area contributed by atoms with Crippen LogP contribution in [0.5, 0.6) is 0 Å².